The molecule has 1 N–H and O–H groups in total. The van der Waals surface area contributed by atoms with Crippen molar-refractivity contribution < 1.29 is 13.2 Å². The molecule has 0 spiro atoms. The van der Waals surface area contributed by atoms with Gasteiger partial charge < -0.3 is 15.1 Å². The number of aryl methyl sites for hydroxylation is 1. The first kappa shape index (κ1) is 20.8. The van der Waals surface area contributed by atoms with Gasteiger partial charge in [0.2, 0.25) is 5.91 Å². The summed E-state index contributed by atoms with van der Waals surface area (Å²) in [5.41, 5.74) is 0.784. The number of anilines is 1. The number of rotatable bonds is 6. The third-order valence-corrected chi connectivity index (χ3v) is 6.53. The number of nitrogens with zero attached hydrogens (tertiary/aromatic N) is 5. The predicted molar refractivity (Wildman–Crippen MR) is 112 cm³/mol. The third kappa shape index (κ3) is 5.14. The van der Waals surface area contributed by atoms with E-state index in [0.717, 1.165) is 5.69 Å². The summed E-state index contributed by atoms with van der Waals surface area (Å²) in [5.74, 6) is 0.620. The molecular formula is C19H26N6O3S. The number of benzene rings is 1. The van der Waals surface area contributed by atoms with E-state index in [1.165, 1.54) is 0 Å². The molecule has 29 heavy (non-hydrogen) atoms. The van der Waals surface area contributed by atoms with Gasteiger partial charge in [-0.15, -0.1) is 0 Å². The molecule has 0 saturated carbocycles. The van der Waals surface area contributed by atoms with Crippen molar-refractivity contribution >= 4 is 27.4 Å². The van der Waals surface area contributed by atoms with Crippen LogP contribution in [0.25, 0.3) is 0 Å². The summed E-state index contributed by atoms with van der Waals surface area (Å²) in [4.78, 5) is 20.7. The Balaban J connectivity index is 1.49. The lowest BCUT2D eigenvalue weighted by Crippen LogP contribution is -2.55. The number of hydrogen-bond donors (Lipinski definition) is 1. The lowest BCUT2D eigenvalue weighted by molar-refractivity contribution is -0.120. The number of aliphatic imine (C=N–C) groups is 1. The molecule has 3 rings (SSSR count). The number of aromatic nitrogens is 2. The Labute approximate surface area is 170 Å². The first-order valence-corrected chi connectivity index (χ1v) is 11.1. The number of guanidine groups is 1. The van der Waals surface area contributed by atoms with Crippen LogP contribution in [0.1, 0.15) is 6.42 Å². The van der Waals surface area contributed by atoms with E-state index in [1.807, 2.05) is 18.1 Å². The van der Waals surface area contributed by atoms with Crippen molar-refractivity contribution in [3.63, 3.8) is 0 Å². The maximum absolute atomic E-state index is 12.5. The molecule has 2 heterocycles. The molecule has 1 saturated heterocycles. The van der Waals surface area contributed by atoms with Gasteiger partial charge in [0, 0.05) is 39.9 Å². The van der Waals surface area contributed by atoms with E-state index < -0.39 is 9.84 Å². The van der Waals surface area contributed by atoms with Gasteiger partial charge in [-0.05, 0) is 18.6 Å². The van der Waals surface area contributed by atoms with E-state index in [4.69, 9.17) is 0 Å². The molecule has 2 aromatic rings. The van der Waals surface area contributed by atoms with Gasteiger partial charge >= 0.3 is 0 Å². The van der Waals surface area contributed by atoms with Gasteiger partial charge in [-0.3, -0.25) is 14.5 Å². The van der Waals surface area contributed by atoms with Crippen LogP contribution in [0.5, 0.6) is 0 Å². The number of hydrogen-bond acceptors (Lipinski definition) is 5. The smallest absolute Gasteiger partial charge is 0.246 e. The van der Waals surface area contributed by atoms with Crippen LogP contribution in [-0.2, 0) is 21.7 Å². The van der Waals surface area contributed by atoms with E-state index in [-0.39, 0.29) is 18.2 Å². The molecule has 0 bridgehead atoms. The highest BCUT2D eigenvalue weighted by molar-refractivity contribution is 7.91. The molecule has 1 aliphatic rings. The van der Waals surface area contributed by atoms with Gasteiger partial charge in [0.05, 0.1) is 22.5 Å². The van der Waals surface area contributed by atoms with E-state index in [2.05, 4.69) is 15.4 Å². The van der Waals surface area contributed by atoms with Crippen LogP contribution in [0.2, 0.25) is 0 Å². The monoisotopic (exact) mass is 418 g/mol. The summed E-state index contributed by atoms with van der Waals surface area (Å²) >= 11 is 0. The zero-order valence-corrected chi connectivity index (χ0v) is 17.5. The number of piperazine rings is 1. The van der Waals surface area contributed by atoms with Gasteiger partial charge in [0.15, 0.2) is 15.8 Å². The number of sulfone groups is 1. The van der Waals surface area contributed by atoms with Crippen LogP contribution < -0.4 is 10.2 Å². The lowest BCUT2D eigenvalue weighted by atomic mass is 10.3. The van der Waals surface area contributed by atoms with Crippen molar-refractivity contribution in [1.82, 2.24) is 20.0 Å². The largest absolute Gasteiger partial charge is 0.356 e. The topological polar surface area (TPSA) is 99.9 Å². The zero-order chi connectivity index (χ0) is 20.9. The van der Waals surface area contributed by atoms with Gasteiger partial charge in [-0.25, -0.2) is 8.42 Å². The molecule has 0 radical (unpaired) electrons. The van der Waals surface area contributed by atoms with Crippen LogP contribution in [0, 0.1) is 0 Å². The van der Waals surface area contributed by atoms with Crippen LogP contribution >= 0.6 is 0 Å². The van der Waals surface area contributed by atoms with Gasteiger partial charge in [0.1, 0.15) is 6.54 Å². The Morgan fingerprint density at radius 3 is 2.62 bits per heavy atom. The maximum Gasteiger partial charge on any atom is 0.246 e. The van der Waals surface area contributed by atoms with E-state index in [0.29, 0.717) is 36.9 Å². The highest BCUT2D eigenvalue weighted by atomic mass is 32.2. The Bertz CT molecular complexity index is 971. The average Bonchev–Trinajstić information content (AvgIpc) is 3.14. The standard InChI is InChI=1S/C19H26N6O3S/c1-20-19(21-9-6-12-29(27,28)17-7-4-3-5-8-17)24-10-11-25(18(26)15-24)16-13-22-23(2)14-16/h3-5,7-8,13-14H,6,9-12,15H2,1-2H3,(H,20,21). The number of carbonyl (C=O) groups is 1. The summed E-state index contributed by atoms with van der Waals surface area (Å²) in [6.45, 7) is 1.82. The molecule has 10 heteroatoms. The van der Waals surface area contributed by atoms with Crippen molar-refractivity contribution in [2.24, 2.45) is 12.0 Å². The van der Waals surface area contributed by atoms with Crippen molar-refractivity contribution in [2.75, 3.05) is 43.9 Å². The Morgan fingerprint density at radius 1 is 1.24 bits per heavy atom. The van der Waals surface area contributed by atoms with Crippen molar-refractivity contribution in [3.8, 4) is 0 Å². The van der Waals surface area contributed by atoms with E-state index in [9.17, 15) is 13.2 Å². The molecule has 1 aromatic carbocycles. The summed E-state index contributed by atoms with van der Waals surface area (Å²) in [6, 6.07) is 8.44. The van der Waals surface area contributed by atoms with Crippen LogP contribution in [0.3, 0.4) is 0 Å². The highest BCUT2D eigenvalue weighted by Crippen LogP contribution is 2.16. The molecule has 1 fully saturated rings. The quantitative estimate of drug-likeness (QED) is 0.417. The fourth-order valence-electron chi connectivity index (χ4n) is 3.22. The van der Waals surface area contributed by atoms with Gasteiger partial charge in [-0.1, -0.05) is 18.2 Å². The van der Waals surface area contributed by atoms with Gasteiger partial charge in [-0.2, -0.15) is 5.10 Å². The maximum atomic E-state index is 12.5. The molecular weight excluding hydrogens is 392 g/mol. The minimum Gasteiger partial charge on any atom is -0.356 e. The predicted octanol–water partition coefficient (Wildman–Crippen LogP) is 0.508. The summed E-state index contributed by atoms with van der Waals surface area (Å²) in [5, 5.41) is 7.28. The van der Waals surface area contributed by atoms with Gasteiger partial charge in [0.25, 0.3) is 0 Å². The fourth-order valence-corrected chi connectivity index (χ4v) is 4.55. The van der Waals surface area contributed by atoms with Crippen LogP contribution in [-0.4, -0.2) is 73.9 Å². The molecule has 1 aliphatic heterocycles. The minimum atomic E-state index is -3.30. The van der Waals surface area contributed by atoms with E-state index in [1.54, 1.807) is 53.2 Å². The van der Waals surface area contributed by atoms with Crippen molar-refractivity contribution in [2.45, 2.75) is 11.3 Å². The normalized spacial score (nSPS) is 15.7. The first-order chi connectivity index (χ1) is 13.9. The molecule has 9 nitrogen and oxygen atoms in total. The van der Waals surface area contributed by atoms with Crippen molar-refractivity contribution in [3.05, 3.63) is 42.7 Å². The third-order valence-electron chi connectivity index (χ3n) is 4.71. The number of amides is 1. The highest BCUT2D eigenvalue weighted by Gasteiger charge is 2.27. The second-order valence-corrected chi connectivity index (χ2v) is 8.91. The molecule has 156 valence electrons. The molecule has 0 unspecified atom stereocenters. The first-order valence-electron chi connectivity index (χ1n) is 9.43. The lowest BCUT2D eigenvalue weighted by Gasteiger charge is -2.35. The Morgan fingerprint density at radius 2 is 2.00 bits per heavy atom. The second-order valence-electron chi connectivity index (χ2n) is 6.80. The number of nitrogens with one attached hydrogen (secondary N) is 1. The molecule has 1 aromatic heterocycles. The Hall–Kier alpha value is -2.88. The fraction of sp³-hybridized carbons (Fsp3) is 0.421. The van der Waals surface area contributed by atoms with Crippen LogP contribution in [0.15, 0.2) is 52.6 Å². The average molecular weight is 419 g/mol. The molecule has 0 aliphatic carbocycles. The zero-order valence-electron chi connectivity index (χ0n) is 16.7. The SMILES string of the molecule is CN=C(NCCCS(=O)(=O)c1ccccc1)N1CCN(c2cnn(C)c2)C(=O)C1. The Kier molecular flexibility index (Phi) is 6.53. The molecule has 1 amide bonds. The summed E-state index contributed by atoms with van der Waals surface area (Å²) in [7, 11) is 0.171. The molecule has 0 atom stereocenters. The minimum absolute atomic E-state index is 0.0288. The van der Waals surface area contributed by atoms with Crippen molar-refractivity contribution in [1.29, 1.82) is 0 Å². The van der Waals surface area contributed by atoms with Crippen LogP contribution in [0.4, 0.5) is 5.69 Å². The van der Waals surface area contributed by atoms with E-state index >= 15 is 0 Å². The number of carbonyl (C=O) groups excluding carboxylic acids is 1. The second kappa shape index (κ2) is 9.08. The summed E-state index contributed by atoms with van der Waals surface area (Å²) in [6.07, 6.45) is 3.93. The summed E-state index contributed by atoms with van der Waals surface area (Å²) < 4.78 is 26.3.